The molecule has 0 aliphatic carbocycles. The van der Waals surface area contributed by atoms with Crippen molar-refractivity contribution in [1.29, 1.82) is 0 Å². The minimum atomic E-state index is -0.886. The fourth-order valence-corrected chi connectivity index (χ4v) is 2.68. The SMILES string of the molecule is C=CCOC[C@@H](O)Cn1c(NCc2ccco2)nc2c1c(=O)[nH]c(=O)n2C. The number of fused-ring (bicyclic) bond motifs is 1. The lowest BCUT2D eigenvalue weighted by Gasteiger charge is -2.14. The zero-order valence-electron chi connectivity index (χ0n) is 14.8. The van der Waals surface area contributed by atoms with Gasteiger partial charge in [0.15, 0.2) is 11.2 Å². The maximum Gasteiger partial charge on any atom is 0.329 e. The van der Waals surface area contributed by atoms with Crippen molar-refractivity contribution in [3.05, 3.63) is 57.6 Å². The largest absolute Gasteiger partial charge is 0.467 e. The first-order chi connectivity index (χ1) is 13.0. The van der Waals surface area contributed by atoms with E-state index < -0.39 is 17.4 Å². The number of H-pyrrole nitrogens is 1. The van der Waals surface area contributed by atoms with E-state index in [1.165, 1.54) is 16.2 Å². The normalized spacial score (nSPS) is 12.4. The number of hydrogen-bond donors (Lipinski definition) is 3. The lowest BCUT2D eigenvalue weighted by atomic mass is 10.3. The van der Waals surface area contributed by atoms with E-state index in [9.17, 15) is 14.7 Å². The van der Waals surface area contributed by atoms with E-state index in [4.69, 9.17) is 9.15 Å². The van der Waals surface area contributed by atoms with E-state index >= 15 is 0 Å². The van der Waals surface area contributed by atoms with Crippen molar-refractivity contribution < 1.29 is 14.3 Å². The molecule has 0 unspecified atom stereocenters. The number of ether oxygens (including phenoxy) is 1. The van der Waals surface area contributed by atoms with Crippen LogP contribution in [0.25, 0.3) is 11.2 Å². The van der Waals surface area contributed by atoms with E-state index in [1.807, 2.05) is 0 Å². The molecule has 0 spiro atoms. The maximum atomic E-state index is 12.4. The van der Waals surface area contributed by atoms with Crippen LogP contribution in [0.1, 0.15) is 5.76 Å². The molecule has 10 nitrogen and oxygen atoms in total. The summed E-state index contributed by atoms with van der Waals surface area (Å²) in [7, 11) is 1.51. The van der Waals surface area contributed by atoms with Crippen molar-refractivity contribution in [1.82, 2.24) is 19.1 Å². The van der Waals surface area contributed by atoms with Gasteiger partial charge in [-0.3, -0.25) is 14.3 Å². The third-order valence-corrected chi connectivity index (χ3v) is 3.95. The number of nitrogens with zero attached hydrogens (tertiary/aromatic N) is 3. The molecule has 0 saturated heterocycles. The summed E-state index contributed by atoms with van der Waals surface area (Å²) in [5.74, 6) is 1.00. The predicted molar refractivity (Wildman–Crippen MR) is 98.7 cm³/mol. The number of furan rings is 1. The highest BCUT2D eigenvalue weighted by molar-refractivity contribution is 5.74. The Morgan fingerprint density at radius 2 is 2.33 bits per heavy atom. The Balaban J connectivity index is 1.97. The number of rotatable bonds is 9. The molecule has 3 rings (SSSR count). The molecular formula is C17H21N5O5. The molecule has 27 heavy (non-hydrogen) atoms. The Labute approximate surface area is 153 Å². The minimum Gasteiger partial charge on any atom is -0.467 e. The summed E-state index contributed by atoms with van der Waals surface area (Å²) in [5, 5.41) is 13.3. The van der Waals surface area contributed by atoms with E-state index in [0.29, 0.717) is 24.9 Å². The molecule has 144 valence electrons. The Hall–Kier alpha value is -3.11. The van der Waals surface area contributed by atoms with Gasteiger partial charge in [0.05, 0.1) is 38.7 Å². The van der Waals surface area contributed by atoms with E-state index in [2.05, 4.69) is 21.9 Å². The van der Waals surface area contributed by atoms with Crippen LogP contribution in [0, 0.1) is 0 Å². The van der Waals surface area contributed by atoms with Gasteiger partial charge in [0, 0.05) is 7.05 Å². The average Bonchev–Trinajstić information content (AvgIpc) is 3.26. The minimum absolute atomic E-state index is 0.0510. The van der Waals surface area contributed by atoms with Crippen LogP contribution in [-0.2, 0) is 24.9 Å². The van der Waals surface area contributed by atoms with Crippen LogP contribution in [0.15, 0.2) is 45.1 Å². The zero-order valence-corrected chi connectivity index (χ0v) is 14.8. The summed E-state index contributed by atoms with van der Waals surface area (Å²) in [6, 6.07) is 3.55. The third-order valence-electron chi connectivity index (χ3n) is 3.95. The van der Waals surface area contributed by atoms with Crippen LogP contribution >= 0.6 is 0 Å². The number of anilines is 1. The second-order valence-electron chi connectivity index (χ2n) is 5.95. The second kappa shape index (κ2) is 8.06. The van der Waals surface area contributed by atoms with Gasteiger partial charge in [-0.05, 0) is 12.1 Å². The summed E-state index contributed by atoms with van der Waals surface area (Å²) >= 11 is 0. The Bertz CT molecular complexity index is 1030. The first-order valence-corrected chi connectivity index (χ1v) is 8.33. The van der Waals surface area contributed by atoms with E-state index in [-0.39, 0.29) is 24.3 Å². The molecule has 0 saturated carbocycles. The topological polar surface area (TPSA) is 127 Å². The number of aliphatic hydroxyl groups is 1. The highest BCUT2D eigenvalue weighted by atomic mass is 16.5. The summed E-state index contributed by atoms with van der Waals surface area (Å²) in [4.78, 5) is 30.8. The van der Waals surface area contributed by atoms with Gasteiger partial charge in [0.25, 0.3) is 5.56 Å². The van der Waals surface area contributed by atoms with Crippen molar-refractivity contribution in [2.75, 3.05) is 18.5 Å². The van der Waals surface area contributed by atoms with Crippen molar-refractivity contribution in [3.63, 3.8) is 0 Å². The molecule has 3 aromatic heterocycles. The Kier molecular flexibility index (Phi) is 5.57. The standard InChI is InChI=1S/C17H21N5O5/c1-3-6-26-10-11(23)9-22-13-14(21(2)17(25)20-15(13)24)19-16(22)18-8-12-5-4-7-27-12/h3-5,7,11,23H,1,6,8-10H2,2H3,(H,18,19)(H,20,24,25)/t11-/m0/s1. The molecule has 0 fully saturated rings. The molecule has 0 aliphatic heterocycles. The highest BCUT2D eigenvalue weighted by Gasteiger charge is 2.19. The van der Waals surface area contributed by atoms with Crippen LogP contribution < -0.4 is 16.6 Å². The fraction of sp³-hybridized carbons (Fsp3) is 0.353. The van der Waals surface area contributed by atoms with Crippen LogP contribution in [0.4, 0.5) is 5.95 Å². The number of hydrogen-bond acceptors (Lipinski definition) is 7. The predicted octanol–water partition coefficient (Wildman–Crippen LogP) is 0.192. The van der Waals surface area contributed by atoms with Gasteiger partial charge in [-0.25, -0.2) is 4.79 Å². The molecular weight excluding hydrogens is 354 g/mol. The van der Waals surface area contributed by atoms with Gasteiger partial charge < -0.3 is 24.1 Å². The second-order valence-corrected chi connectivity index (χ2v) is 5.95. The first kappa shape index (κ1) is 18.7. The number of aromatic amines is 1. The highest BCUT2D eigenvalue weighted by Crippen LogP contribution is 2.17. The van der Waals surface area contributed by atoms with E-state index in [1.54, 1.807) is 24.5 Å². The molecule has 1 atom stereocenters. The summed E-state index contributed by atoms with van der Waals surface area (Å²) in [5.41, 5.74) is -0.748. The first-order valence-electron chi connectivity index (χ1n) is 8.33. The van der Waals surface area contributed by atoms with Crippen molar-refractivity contribution in [2.45, 2.75) is 19.2 Å². The van der Waals surface area contributed by atoms with Gasteiger partial charge in [0.2, 0.25) is 5.95 Å². The lowest BCUT2D eigenvalue weighted by Crippen LogP contribution is -2.30. The number of imidazole rings is 1. The summed E-state index contributed by atoms with van der Waals surface area (Å²) in [6.07, 6.45) is 2.24. The number of aromatic nitrogens is 4. The van der Waals surface area contributed by atoms with Crippen molar-refractivity contribution in [2.24, 2.45) is 7.05 Å². The van der Waals surface area contributed by atoms with Crippen LogP contribution in [0.5, 0.6) is 0 Å². The Morgan fingerprint density at radius 3 is 3.04 bits per heavy atom. The molecule has 0 amide bonds. The molecule has 3 N–H and O–H groups in total. The summed E-state index contributed by atoms with van der Waals surface area (Å²) < 4.78 is 13.3. The van der Waals surface area contributed by atoms with Gasteiger partial charge in [0.1, 0.15) is 5.76 Å². The summed E-state index contributed by atoms with van der Waals surface area (Å²) in [6.45, 7) is 4.29. The lowest BCUT2D eigenvalue weighted by molar-refractivity contribution is 0.0405. The third kappa shape index (κ3) is 4.01. The van der Waals surface area contributed by atoms with Crippen molar-refractivity contribution >= 4 is 17.1 Å². The molecule has 0 bridgehead atoms. The number of aliphatic hydroxyl groups excluding tert-OH is 1. The molecule has 10 heteroatoms. The van der Waals surface area contributed by atoms with Gasteiger partial charge in [-0.15, -0.1) is 6.58 Å². The van der Waals surface area contributed by atoms with Crippen LogP contribution in [0.3, 0.4) is 0 Å². The van der Waals surface area contributed by atoms with Gasteiger partial charge in [-0.1, -0.05) is 6.08 Å². The van der Waals surface area contributed by atoms with Crippen LogP contribution in [-0.4, -0.2) is 43.5 Å². The molecule has 0 radical (unpaired) electrons. The zero-order chi connectivity index (χ0) is 19.4. The van der Waals surface area contributed by atoms with Crippen molar-refractivity contribution in [3.8, 4) is 0 Å². The smallest absolute Gasteiger partial charge is 0.329 e. The van der Waals surface area contributed by atoms with Gasteiger partial charge >= 0.3 is 5.69 Å². The molecule has 0 aliphatic rings. The van der Waals surface area contributed by atoms with E-state index in [0.717, 1.165) is 0 Å². The number of nitrogens with one attached hydrogen (secondary N) is 2. The molecule has 0 aromatic carbocycles. The monoisotopic (exact) mass is 375 g/mol. The molecule has 3 heterocycles. The van der Waals surface area contributed by atoms with Gasteiger partial charge in [-0.2, -0.15) is 4.98 Å². The van der Waals surface area contributed by atoms with Crippen LogP contribution in [0.2, 0.25) is 0 Å². The fourth-order valence-electron chi connectivity index (χ4n) is 2.68. The maximum absolute atomic E-state index is 12.4. The quantitative estimate of drug-likeness (QED) is 0.360. The number of aryl methyl sites for hydroxylation is 1. The molecule has 3 aromatic rings. The Morgan fingerprint density at radius 1 is 1.52 bits per heavy atom. The average molecular weight is 375 g/mol.